The molecule has 1 saturated carbocycles. The highest BCUT2D eigenvalue weighted by Crippen LogP contribution is 2.42. The van der Waals surface area contributed by atoms with E-state index in [0.29, 0.717) is 23.3 Å². The quantitative estimate of drug-likeness (QED) is 0.694. The Balaban J connectivity index is 1.48. The Kier molecular flexibility index (Phi) is 3.96. The molecule has 3 atom stereocenters. The molecule has 3 aromatic heterocycles. The van der Waals surface area contributed by atoms with Crippen LogP contribution in [0.2, 0.25) is 0 Å². The summed E-state index contributed by atoms with van der Waals surface area (Å²) in [5, 5.41) is 8.60. The standard InChI is InChI=1S/C20H24N6O2/c1-11-8-14(11)20(27)25-7-5-4-6-16(25)19-23-17(24-28-19)15-10-21-26-13(3)9-12(2)22-18(15)26/h9-11,14,16H,4-8H2,1-3H3/t11-,14-,16-/m0/s1. The first-order valence-electron chi connectivity index (χ1n) is 9.99. The summed E-state index contributed by atoms with van der Waals surface area (Å²) >= 11 is 0. The van der Waals surface area contributed by atoms with Crippen molar-refractivity contribution < 1.29 is 9.32 Å². The normalized spacial score (nSPS) is 24.7. The molecule has 3 aromatic rings. The molecular weight excluding hydrogens is 356 g/mol. The molecule has 1 saturated heterocycles. The van der Waals surface area contributed by atoms with Crippen molar-refractivity contribution in [3.63, 3.8) is 0 Å². The van der Waals surface area contributed by atoms with Crippen molar-refractivity contribution in [1.29, 1.82) is 0 Å². The zero-order valence-corrected chi connectivity index (χ0v) is 16.4. The third-order valence-corrected chi connectivity index (χ3v) is 5.96. The minimum absolute atomic E-state index is 0.131. The van der Waals surface area contributed by atoms with E-state index in [1.54, 1.807) is 10.7 Å². The molecule has 2 aliphatic rings. The van der Waals surface area contributed by atoms with Crippen molar-refractivity contribution in [2.24, 2.45) is 11.8 Å². The van der Waals surface area contributed by atoms with E-state index in [1.165, 1.54) is 0 Å². The molecule has 1 aliphatic carbocycles. The smallest absolute Gasteiger partial charge is 0.249 e. The molecule has 8 nitrogen and oxygen atoms in total. The van der Waals surface area contributed by atoms with Gasteiger partial charge in [0.25, 0.3) is 0 Å². The Morgan fingerprint density at radius 2 is 2.07 bits per heavy atom. The van der Waals surface area contributed by atoms with Gasteiger partial charge < -0.3 is 9.42 Å². The van der Waals surface area contributed by atoms with Crippen LogP contribution in [0, 0.1) is 25.7 Å². The largest absolute Gasteiger partial charge is 0.337 e. The SMILES string of the molecule is Cc1cc(C)n2ncc(-c3noc([C@@H]4CCCCN4C(=O)[C@H]4C[C@@H]4C)n3)c2n1. The van der Waals surface area contributed by atoms with Crippen LogP contribution in [0.4, 0.5) is 0 Å². The number of fused-ring (bicyclic) bond motifs is 1. The van der Waals surface area contributed by atoms with E-state index in [-0.39, 0.29) is 17.9 Å². The van der Waals surface area contributed by atoms with Crippen molar-refractivity contribution in [1.82, 2.24) is 29.6 Å². The summed E-state index contributed by atoms with van der Waals surface area (Å²) in [6.45, 7) is 6.84. The monoisotopic (exact) mass is 380 g/mol. The topological polar surface area (TPSA) is 89.4 Å². The second-order valence-corrected chi connectivity index (χ2v) is 8.15. The van der Waals surface area contributed by atoms with E-state index >= 15 is 0 Å². The molecule has 146 valence electrons. The van der Waals surface area contributed by atoms with E-state index in [9.17, 15) is 4.79 Å². The Bertz CT molecular complexity index is 1050. The Labute approximate surface area is 162 Å². The summed E-state index contributed by atoms with van der Waals surface area (Å²) in [5.74, 6) is 1.88. The number of likely N-dealkylation sites (tertiary alicyclic amines) is 1. The maximum Gasteiger partial charge on any atom is 0.249 e. The van der Waals surface area contributed by atoms with Crippen LogP contribution in [0.15, 0.2) is 16.8 Å². The summed E-state index contributed by atoms with van der Waals surface area (Å²) in [6, 6.07) is 1.85. The Morgan fingerprint density at radius 3 is 2.86 bits per heavy atom. The first kappa shape index (κ1) is 17.3. The Hall–Kier alpha value is -2.77. The van der Waals surface area contributed by atoms with Crippen molar-refractivity contribution in [2.75, 3.05) is 6.54 Å². The summed E-state index contributed by atoms with van der Waals surface area (Å²) in [4.78, 5) is 24.1. The maximum atomic E-state index is 12.9. The van der Waals surface area contributed by atoms with Crippen LogP contribution in [0.25, 0.3) is 17.0 Å². The van der Waals surface area contributed by atoms with E-state index in [0.717, 1.165) is 49.2 Å². The lowest BCUT2D eigenvalue weighted by Gasteiger charge is -2.33. The van der Waals surface area contributed by atoms with Gasteiger partial charge in [-0.3, -0.25) is 4.79 Å². The number of carbonyl (C=O) groups is 1. The molecule has 0 bridgehead atoms. The predicted molar refractivity (Wildman–Crippen MR) is 101 cm³/mol. The van der Waals surface area contributed by atoms with Gasteiger partial charge in [-0.15, -0.1) is 0 Å². The molecule has 2 fully saturated rings. The van der Waals surface area contributed by atoms with Crippen molar-refractivity contribution in [2.45, 2.75) is 52.5 Å². The minimum atomic E-state index is -0.131. The number of carbonyl (C=O) groups excluding carboxylic acids is 1. The highest BCUT2D eigenvalue weighted by Gasteiger charge is 2.44. The zero-order chi connectivity index (χ0) is 19.4. The third-order valence-electron chi connectivity index (χ3n) is 5.96. The summed E-state index contributed by atoms with van der Waals surface area (Å²) in [6.07, 6.45) is 5.66. The number of aromatic nitrogens is 5. The molecule has 1 aliphatic heterocycles. The van der Waals surface area contributed by atoms with Crippen LogP contribution < -0.4 is 0 Å². The Morgan fingerprint density at radius 1 is 1.25 bits per heavy atom. The van der Waals surface area contributed by atoms with Crippen molar-refractivity contribution >= 4 is 11.6 Å². The average Bonchev–Trinajstić information content (AvgIpc) is 3.08. The van der Waals surface area contributed by atoms with E-state index in [4.69, 9.17) is 4.52 Å². The molecule has 0 N–H and O–H groups in total. The summed E-state index contributed by atoms with van der Waals surface area (Å²) < 4.78 is 7.41. The van der Waals surface area contributed by atoms with Crippen molar-refractivity contribution in [3.05, 3.63) is 29.5 Å². The number of piperidine rings is 1. The number of rotatable bonds is 3. The zero-order valence-electron chi connectivity index (χ0n) is 16.4. The van der Waals surface area contributed by atoms with Gasteiger partial charge in [0.05, 0.1) is 11.8 Å². The van der Waals surface area contributed by atoms with Gasteiger partial charge in [0, 0.05) is 23.9 Å². The van der Waals surface area contributed by atoms with Crippen molar-refractivity contribution in [3.8, 4) is 11.4 Å². The predicted octanol–water partition coefficient (Wildman–Crippen LogP) is 3.11. The molecule has 8 heteroatoms. The summed E-state index contributed by atoms with van der Waals surface area (Å²) in [5.41, 5.74) is 3.37. The number of nitrogens with zero attached hydrogens (tertiary/aromatic N) is 6. The second-order valence-electron chi connectivity index (χ2n) is 8.15. The van der Waals surface area contributed by atoms with E-state index in [1.807, 2.05) is 24.8 Å². The molecule has 28 heavy (non-hydrogen) atoms. The lowest BCUT2D eigenvalue weighted by molar-refractivity contribution is -0.137. The molecule has 0 radical (unpaired) electrons. The highest BCUT2D eigenvalue weighted by molar-refractivity contribution is 5.82. The van der Waals surface area contributed by atoms with Crippen LogP contribution >= 0.6 is 0 Å². The molecule has 1 amide bonds. The van der Waals surface area contributed by atoms with Crippen LogP contribution in [0.1, 0.15) is 55.9 Å². The van der Waals surface area contributed by atoms with Crippen LogP contribution in [0.5, 0.6) is 0 Å². The minimum Gasteiger partial charge on any atom is -0.337 e. The van der Waals surface area contributed by atoms with Gasteiger partial charge in [-0.2, -0.15) is 10.1 Å². The number of aryl methyl sites for hydroxylation is 2. The van der Waals surface area contributed by atoms with E-state index < -0.39 is 0 Å². The third kappa shape index (κ3) is 2.78. The van der Waals surface area contributed by atoms with E-state index in [2.05, 4.69) is 27.1 Å². The molecule has 4 heterocycles. The fraction of sp³-hybridized carbons (Fsp3) is 0.550. The van der Waals surface area contributed by atoms with Crippen LogP contribution in [-0.2, 0) is 4.79 Å². The second kappa shape index (κ2) is 6.39. The van der Waals surface area contributed by atoms with Crippen LogP contribution in [-0.4, -0.2) is 42.1 Å². The lowest BCUT2D eigenvalue weighted by Crippen LogP contribution is -2.39. The molecular formula is C20H24N6O2. The molecule has 0 aromatic carbocycles. The number of amides is 1. The van der Waals surface area contributed by atoms with Gasteiger partial charge in [-0.05, 0) is 51.5 Å². The maximum absolute atomic E-state index is 12.9. The highest BCUT2D eigenvalue weighted by atomic mass is 16.5. The molecule has 5 rings (SSSR count). The van der Waals surface area contributed by atoms with Gasteiger partial charge in [-0.1, -0.05) is 12.1 Å². The molecule has 0 spiro atoms. The van der Waals surface area contributed by atoms with Gasteiger partial charge in [0.1, 0.15) is 6.04 Å². The van der Waals surface area contributed by atoms with Gasteiger partial charge in [0.15, 0.2) is 5.65 Å². The molecule has 0 unspecified atom stereocenters. The fourth-order valence-corrected chi connectivity index (χ4v) is 4.24. The summed E-state index contributed by atoms with van der Waals surface area (Å²) in [7, 11) is 0. The average molecular weight is 380 g/mol. The van der Waals surface area contributed by atoms with Crippen LogP contribution in [0.3, 0.4) is 0 Å². The van der Waals surface area contributed by atoms with Gasteiger partial charge >= 0.3 is 0 Å². The van der Waals surface area contributed by atoms with Gasteiger partial charge in [-0.25, -0.2) is 9.50 Å². The van der Waals surface area contributed by atoms with Gasteiger partial charge in [0.2, 0.25) is 17.6 Å². The first-order chi connectivity index (χ1) is 13.5. The lowest BCUT2D eigenvalue weighted by atomic mass is 10.0. The fourth-order valence-electron chi connectivity index (χ4n) is 4.24. The number of hydrogen-bond donors (Lipinski definition) is 0. The number of hydrogen-bond acceptors (Lipinski definition) is 6. The first-order valence-corrected chi connectivity index (χ1v) is 9.99.